The molecule has 0 fully saturated rings. The molecule has 2 heterocycles. The molecule has 0 aliphatic heterocycles. The van der Waals surface area contributed by atoms with Crippen LogP contribution in [-0.4, -0.2) is 42.7 Å². The highest BCUT2D eigenvalue weighted by molar-refractivity contribution is 7.91. The molecule has 0 saturated carbocycles. The lowest BCUT2D eigenvalue weighted by Crippen LogP contribution is -2.30. The van der Waals surface area contributed by atoms with Gasteiger partial charge >= 0.3 is 11.4 Å². The number of nitrogens with zero attached hydrogens (tertiary/aromatic N) is 4. The monoisotopic (exact) mass is 439 g/mol. The van der Waals surface area contributed by atoms with Crippen LogP contribution in [0.3, 0.4) is 0 Å². The lowest BCUT2D eigenvalue weighted by molar-refractivity contribution is -0.137. The van der Waals surface area contributed by atoms with Crippen molar-refractivity contribution >= 4 is 21.6 Å². The molecule has 0 aromatic carbocycles. The third-order valence-electron chi connectivity index (χ3n) is 4.03. The Morgan fingerprint density at radius 3 is 2.14 bits per heavy atom. The van der Waals surface area contributed by atoms with Crippen molar-refractivity contribution in [2.45, 2.75) is 25.3 Å². The van der Waals surface area contributed by atoms with Gasteiger partial charge < -0.3 is 10.6 Å². The lowest BCUT2D eigenvalue weighted by atomic mass is 10.1. The van der Waals surface area contributed by atoms with E-state index in [-0.39, 0.29) is 19.0 Å². The quantitative estimate of drug-likeness (QED) is 0.690. The molecule has 0 amide bonds. The van der Waals surface area contributed by atoms with E-state index >= 15 is 0 Å². The summed E-state index contributed by atoms with van der Waals surface area (Å²) in [6, 6.07) is 1.05. The minimum Gasteiger partial charge on any atom is -0.384 e. The van der Waals surface area contributed by atoms with Crippen molar-refractivity contribution in [2.75, 3.05) is 30.0 Å². The molecular weight excluding hydrogens is 421 g/mol. The van der Waals surface area contributed by atoms with E-state index in [1.54, 1.807) is 13.8 Å². The van der Waals surface area contributed by atoms with Gasteiger partial charge in [-0.15, -0.1) is 0 Å². The molecule has 0 spiro atoms. The SMILES string of the molecule is CCN(CC)c1nc(-c2cnc(N)cc2C(F)(F)F)cc(C(F)(F)S(C)(=O)=O)n1. The van der Waals surface area contributed by atoms with Crippen LogP contribution in [0, 0.1) is 0 Å². The first-order valence-corrected chi connectivity index (χ1v) is 10.2. The number of nitrogen functional groups attached to an aromatic ring is 1. The number of nitrogens with two attached hydrogens (primary N) is 1. The van der Waals surface area contributed by atoms with Gasteiger partial charge in [-0.2, -0.15) is 22.0 Å². The predicted octanol–water partition coefficient (Wildman–Crippen LogP) is 3.08. The van der Waals surface area contributed by atoms with Crippen molar-refractivity contribution in [3.8, 4) is 11.3 Å². The Morgan fingerprint density at radius 1 is 1.07 bits per heavy atom. The molecule has 0 unspecified atom stereocenters. The van der Waals surface area contributed by atoms with Crippen LogP contribution >= 0.6 is 0 Å². The Hall–Kier alpha value is -2.57. The highest BCUT2D eigenvalue weighted by Gasteiger charge is 2.46. The maximum Gasteiger partial charge on any atom is 0.417 e. The summed E-state index contributed by atoms with van der Waals surface area (Å²) in [5.41, 5.74) is 1.65. The summed E-state index contributed by atoms with van der Waals surface area (Å²) in [6.45, 7) is 3.80. The number of rotatable bonds is 6. The zero-order chi connectivity index (χ0) is 22.2. The van der Waals surface area contributed by atoms with Crippen LogP contribution in [0.15, 0.2) is 18.3 Å². The molecule has 2 N–H and O–H groups in total. The van der Waals surface area contributed by atoms with Crippen LogP contribution in [0.5, 0.6) is 0 Å². The van der Waals surface area contributed by atoms with E-state index in [1.165, 1.54) is 4.90 Å². The molecule has 0 radical (unpaired) electrons. The Kier molecular flexibility index (Phi) is 6.02. The second-order valence-electron chi connectivity index (χ2n) is 6.05. The largest absolute Gasteiger partial charge is 0.417 e. The summed E-state index contributed by atoms with van der Waals surface area (Å²) in [5.74, 6) is -0.767. The number of anilines is 2. The topological polar surface area (TPSA) is 102 Å². The second-order valence-corrected chi connectivity index (χ2v) is 8.11. The first-order chi connectivity index (χ1) is 13.2. The van der Waals surface area contributed by atoms with Crippen LogP contribution in [0.4, 0.5) is 33.7 Å². The number of pyridine rings is 1. The third-order valence-corrected chi connectivity index (χ3v) is 5.17. The summed E-state index contributed by atoms with van der Waals surface area (Å²) in [7, 11) is -4.96. The van der Waals surface area contributed by atoms with Crippen molar-refractivity contribution in [1.29, 1.82) is 0 Å². The summed E-state index contributed by atoms with van der Waals surface area (Å²) in [6.07, 6.45) is -3.83. The number of aromatic nitrogens is 3. The van der Waals surface area contributed by atoms with Crippen LogP contribution in [-0.2, 0) is 21.3 Å². The first kappa shape index (κ1) is 22.7. The van der Waals surface area contributed by atoms with Gasteiger partial charge in [-0.1, -0.05) is 0 Å². The van der Waals surface area contributed by atoms with Crippen molar-refractivity contribution in [3.63, 3.8) is 0 Å². The lowest BCUT2D eigenvalue weighted by Gasteiger charge is -2.22. The molecule has 2 aromatic heterocycles. The van der Waals surface area contributed by atoms with E-state index in [2.05, 4.69) is 15.0 Å². The maximum absolute atomic E-state index is 14.5. The number of halogens is 5. The smallest absolute Gasteiger partial charge is 0.384 e. The molecule has 2 aromatic rings. The first-order valence-electron chi connectivity index (χ1n) is 8.27. The molecule has 0 aliphatic rings. The van der Waals surface area contributed by atoms with Crippen LogP contribution < -0.4 is 10.6 Å². The minimum atomic E-state index is -4.96. The van der Waals surface area contributed by atoms with Gasteiger partial charge in [0.2, 0.25) is 15.8 Å². The molecule has 0 bridgehead atoms. The molecule has 160 valence electrons. The van der Waals surface area contributed by atoms with Crippen LogP contribution in [0.1, 0.15) is 25.1 Å². The molecule has 2 rings (SSSR count). The third kappa shape index (κ3) is 4.54. The zero-order valence-corrected chi connectivity index (χ0v) is 16.4. The minimum absolute atomic E-state index is 0.246. The number of hydrogen-bond acceptors (Lipinski definition) is 7. The van der Waals surface area contributed by atoms with E-state index in [0.717, 1.165) is 6.20 Å². The van der Waals surface area contributed by atoms with Gasteiger partial charge in [0, 0.05) is 31.1 Å². The summed E-state index contributed by atoms with van der Waals surface area (Å²) in [5, 5.41) is -4.44. The van der Waals surface area contributed by atoms with E-state index < -0.39 is 49.6 Å². The van der Waals surface area contributed by atoms with E-state index in [9.17, 15) is 30.4 Å². The Bertz CT molecular complexity index is 1010. The van der Waals surface area contributed by atoms with Crippen molar-refractivity contribution in [2.24, 2.45) is 0 Å². The molecule has 0 aliphatic carbocycles. The second kappa shape index (κ2) is 7.69. The molecule has 29 heavy (non-hydrogen) atoms. The van der Waals surface area contributed by atoms with Gasteiger partial charge in [0.1, 0.15) is 11.5 Å². The van der Waals surface area contributed by atoms with Crippen molar-refractivity contribution in [1.82, 2.24) is 15.0 Å². The van der Waals surface area contributed by atoms with Gasteiger partial charge in [0.05, 0.1) is 11.3 Å². The fourth-order valence-corrected chi connectivity index (χ4v) is 2.95. The van der Waals surface area contributed by atoms with Crippen molar-refractivity contribution < 1.29 is 30.4 Å². The molecule has 7 nitrogen and oxygen atoms in total. The van der Waals surface area contributed by atoms with E-state index in [0.29, 0.717) is 18.4 Å². The van der Waals surface area contributed by atoms with Crippen molar-refractivity contribution in [3.05, 3.63) is 29.6 Å². The maximum atomic E-state index is 14.5. The summed E-state index contributed by atoms with van der Waals surface area (Å²) < 4.78 is 92.4. The zero-order valence-electron chi connectivity index (χ0n) is 15.6. The highest BCUT2D eigenvalue weighted by atomic mass is 32.2. The van der Waals surface area contributed by atoms with Gasteiger partial charge in [-0.05, 0) is 26.0 Å². The number of sulfone groups is 1. The Morgan fingerprint density at radius 2 is 1.66 bits per heavy atom. The fourth-order valence-electron chi connectivity index (χ4n) is 2.47. The van der Waals surface area contributed by atoms with Crippen LogP contribution in [0.25, 0.3) is 11.3 Å². The van der Waals surface area contributed by atoms with E-state index in [4.69, 9.17) is 5.73 Å². The summed E-state index contributed by atoms with van der Waals surface area (Å²) in [4.78, 5) is 12.5. The average molecular weight is 439 g/mol. The average Bonchev–Trinajstić information content (AvgIpc) is 2.60. The Balaban J connectivity index is 2.87. The molecule has 13 heteroatoms. The predicted molar refractivity (Wildman–Crippen MR) is 97.0 cm³/mol. The fraction of sp³-hybridized carbons (Fsp3) is 0.438. The van der Waals surface area contributed by atoms with Gasteiger partial charge in [-0.3, -0.25) is 0 Å². The van der Waals surface area contributed by atoms with Crippen LogP contribution in [0.2, 0.25) is 0 Å². The summed E-state index contributed by atoms with van der Waals surface area (Å²) >= 11 is 0. The normalized spacial score (nSPS) is 12.8. The van der Waals surface area contributed by atoms with Gasteiger partial charge in [0.15, 0.2) is 0 Å². The Labute approximate surface area is 163 Å². The number of alkyl halides is 5. The standard InChI is InChI=1S/C16H18F5N5O2S/c1-4-26(5-2)14-24-11(7-12(25-14)16(20,21)29(3,27)28)9-8-23-13(22)6-10(9)15(17,18)19/h6-8H,4-5H2,1-3H3,(H2,22,23). The molecule has 0 atom stereocenters. The molecule has 0 saturated heterocycles. The highest BCUT2D eigenvalue weighted by Crippen LogP contribution is 2.39. The van der Waals surface area contributed by atoms with Gasteiger partial charge in [-0.25, -0.2) is 23.4 Å². The van der Waals surface area contributed by atoms with E-state index in [1.807, 2.05) is 0 Å². The van der Waals surface area contributed by atoms with Gasteiger partial charge in [0.25, 0.3) is 0 Å². The number of hydrogen-bond donors (Lipinski definition) is 1. The molecular formula is C16H18F5N5O2S.